The van der Waals surface area contributed by atoms with Gasteiger partial charge in [0, 0.05) is 18.7 Å². The first kappa shape index (κ1) is 12.8. The zero-order valence-electron chi connectivity index (χ0n) is 10.8. The summed E-state index contributed by atoms with van der Waals surface area (Å²) in [5.41, 5.74) is 1.87. The summed E-state index contributed by atoms with van der Waals surface area (Å²) in [7, 11) is 0. The van der Waals surface area contributed by atoms with E-state index in [1.54, 1.807) is 4.90 Å². The first-order chi connectivity index (χ1) is 8.61. The van der Waals surface area contributed by atoms with Gasteiger partial charge in [-0.05, 0) is 26.3 Å². The first-order valence-corrected chi connectivity index (χ1v) is 6.06. The molecule has 1 atom stereocenters. The molecule has 0 aromatic carbocycles. The highest BCUT2D eigenvalue weighted by molar-refractivity contribution is 5.87. The Balaban J connectivity index is 1.86. The lowest BCUT2D eigenvalue weighted by atomic mass is 10.2. The van der Waals surface area contributed by atoms with Crippen LogP contribution in [0.2, 0.25) is 0 Å². The second kappa shape index (κ2) is 5.35. The van der Waals surface area contributed by atoms with Gasteiger partial charge in [-0.3, -0.25) is 4.79 Å². The van der Waals surface area contributed by atoms with E-state index < -0.39 is 0 Å². The lowest BCUT2D eigenvalue weighted by Crippen LogP contribution is -2.28. The van der Waals surface area contributed by atoms with Gasteiger partial charge in [-0.2, -0.15) is 0 Å². The molecule has 1 saturated heterocycles. The zero-order chi connectivity index (χ0) is 13.1. The highest BCUT2D eigenvalue weighted by Crippen LogP contribution is 2.18. The van der Waals surface area contributed by atoms with Gasteiger partial charge in [0.1, 0.15) is 5.76 Å². The molecule has 5 heteroatoms. The molecule has 1 aliphatic rings. The Labute approximate surface area is 106 Å². The number of carbonyl (C=O) groups is 1. The fourth-order valence-corrected chi connectivity index (χ4v) is 2.10. The molecule has 0 N–H and O–H groups in total. The Morgan fingerprint density at radius 1 is 1.67 bits per heavy atom. The SMILES string of the molecule is C=CC(=O)N1CC[C@@H](OCc2c(C)noc2C)C1. The van der Waals surface area contributed by atoms with Crippen LogP contribution in [0, 0.1) is 13.8 Å². The standard InChI is InChI=1S/C13H18N2O3/c1-4-13(16)15-6-5-11(7-15)17-8-12-9(2)14-18-10(12)3/h4,11H,1,5-8H2,2-3H3/t11-/m1/s1. The van der Waals surface area contributed by atoms with E-state index in [1.165, 1.54) is 6.08 Å². The van der Waals surface area contributed by atoms with Crippen molar-refractivity contribution in [3.63, 3.8) is 0 Å². The van der Waals surface area contributed by atoms with Crippen LogP contribution in [0.5, 0.6) is 0 Å². The maximum absolute atomic E-state index is 11.4. The van der Waals surface area contributed by atoms with E-state index in [-0.39, 0.29) is 12.0 Å². The minimum absolute atomic E-state index is 0.0292. The molecule has 2 rings (SSSR count). The molecule has 18 heavy (non-hydrogen) atoms. The second-order valence-electron chi connectivity index (χ2n) is 4.51. The van der Waals surface area contributed by atoms with Crippen molar-refractivity contribution in [1.82, 2.24) is 10.1 Å². The number of aryl methyl sites for hydroxylation is 2. The van der Waals surface area contributed by atoms with Crippen LogP contribution in [-0.4, -0.2) is 35.2 Å². The quantitative estimate of drug-likeness (QED) is 0.761. The summed E-state index contributed by atoms with van der Waals surface area (Å²) in [4.78, 5) is 13.2. The fourth-order valence-electron chi connectivity index (χ4n) is 2.10. The number of ether oxygens (including phenoxy) is 1. The molecule has 0 radical (unpaired) electrons. The summed E-state index contributed by atoms with van der Waals surface area (Å²) >= 11 is 0. The van der Waals surface area contributed by atoms with Gasteiger partial charge in [0.15, 0.2) is 0 Å². The maximum atomic E-state index is 11.4. The van der Waals surface area contributed by atoms with Crippen molar-refractivity contribution in [2.75, 3.05) is 13.1 Å². The molecule has 1 amide bonds. The maximum Gasteiger partial charge on any atom is 0.246 e. The van der Waals surface area contributed by atoms with Crippen molar-refractivity contribution >= 4 is 5.91 Å². The van der Waals surface area contributed by atoms with Crippen LogP contribution >= 0.6 is 0 Å². The Bertz CT molecular complexity index is 434. The smallest absolute Gasteiger partial charge is 0.246 e. The number of rotatable bonds is 4. The van der Waals surface area contributed by atoms with Crippen molar-refractivity contribution in [3.05, 3.63) is 29.7 Å². The lowest BCUT2D eigenvalue weighted by Gasteiger charge is -2.14. The molecule has 0 aliphatic carbocycles. The molecule has 0 bridgehead atoms. The Kier molecular flexibility index (Phi) is 3.81. The molecular formula is C13H18N2O3. The molecule has 1 aliphatic heterocycles. The molecule has 0 unspecified atom stereocenters. The van der Waals surface area contributed by atoms with Crippen molar-refractivity contribution in [2.24, 2.45) is 0 Å². The van der Waals surface area contributed by atoms with Gasteiger partial charge in [0.2, 0.25) is 5.91 Å². The Hall–Kier alpha value is -1.62. The average Bonchev–Trinajstić information content (AvgIpc) is 2.95. The third-order valence-corrected chi connectivity index (χ3v) is 3.28. The largest absolute Gasteiger partial charge is 0.371 e. The molecule has 98 valence electrons. The van der Waals surface area contributed by atoms with Gasteiger partial charge in [-0.15, -0.1) is 0 Å². The Morgan fingerprint density at radius 3 is 3.06 bits per heavy atom. The highest BCUT2D eigenvalue weighted by Gasteiger charge is 2.25. The Morgan fingerprint density at radius 2 is 2.44 bits per heavy atom. The molecule has 1 aromatic rings. The summed E-state index contributed by atoms with van der Waals surface area (Å²) in [6, 6.07) is 0. The number of aromatic nitrogens is 1. The number of amides is 1. The summed E-state index contributed by atoms with van der Waals surface area (Å²) < 4.78 is 10.9. The molecule has 0 spiro atoms. The first-order valence-electron chi connectivity index (χ1n) is 6.06. The van der Waals surface area contributed by atoms with Crippen LogP contribution in [0.15, 0.2) is 17.2 Å². The third kappa shape index (κ3) is 2.61. The summed E-state index contributed by atoms with van der Waals surface area (Å²) in [6.07, 6.45) is 2.29. The van der Waals surface area contributed by atoms with Crippen LogP contribution in [0.4, 0.5) is 0 Å². The van der Waals surface area contributed by atoms with Crippen molar-refractivity contribution in [3.8, 4) is 0 Å². The topological polar surface area (TPSA) is 55.6 Å². The third-order valence-electron chi connectivity index (χ3n) is 3.28. The number of hydrogen-bond donors (Lipinski definition) is 0. The van der Waals surface area contributed by atoms with E-state index >= 15 is 0 Å². The highest BCUT2D eigenvalue weighted by atomic mass is 16.5. The normalized spacial score (nSPS) is 19.2. The fraction of sp³-hybridized carbons (Fsp3) is 0.538. The van der Waals surface area contributed by atoms with E-state index in [2.05, 4.69) is 11.7 Å². The van der Waals surface area contributed by atoms with Gasteiger partial charge in [-0.1, -0.05) is 11.7 Å². The summed E-state index contributed by atoms with van der Waals surface area (Å²) in [5.74, 6) is 0.767. The van der Waals surface area contributed by atoms with Crippen LogP contribution < -0.4 is 0 Å². The van der Waals surface area contributed by atoms with Gasteiger partial charge < -0.3 is 14.2 Å². The summed E-state index contributed by atoms with van der Waals surface area (Å²) in [5, 5.41) is 3.89. The second-order valence-corrected chi connectivity index (χ2v) is 4.51. The zero-order valence-corrected chi connectivity index (χ0v) is 10.8. The molecule has 1 aromatic heterocycles. The van der Waals surface area contributed by atoms with Crippen molar-refractivity contribution in [2.45, 2.75) is 33.0 Å². The lowest BCUT2D eigenvalue weighted by molar-refractivity contribution is -0.125. The van der Waals surface area contributed by atoms with E-state index in [0.29, 0.717) is 13.2 Å². The number of carbonyl (C=O) groups excluding carboxylic acids is 1. The monoisotopic (exact) mass is 250 g/mol. The minimum Gasteiger partial charge on any atom is -0.371 e. The summed E-state index contributed by atoms with van der Waals surface area (Å²) in [6.45, 7) is 9.12. The van der Waals surface area contributed by atoms with Crippen LogP contribution in [0.3, 0.4) is 0 Å². The van der Waals surface area contributed by atoms with E-state index in [0.717, 1.165) is 30.0 Å². The van der Waals surface area contributed by atoms with Gasteiger partial charge in [0.05, 0.1) is 18.4 Å². The molecule has 2 heterocycles. The number of nitrogens with zero attached hydrogens (tertiary/aromatic N) is 2. The van der Waals surface area contributed by atoms with Crippen molar-refractivity contribution in [1.29, 1.82) is 0 Å². The molecule has 1 fully saturated rings. The van der Waals surface area contributed by atoms with E-state index in [9.17, 15) is 4.79 Å². The van der Waals surface area contributed by atoms with E-state index in [4.69, 9.17) is 9.26 Å². The van der Waals surface area contributed by atoms with E-state index in [1.807, 2.05) is 13.8 Å². The molecule has 0 saturated carbocycles. The minimum atomic E-state index is -0.0292. The van der Waals surface area contributed by atoms with Crippen LogP contribution in [0.1, 0.15) is 23.4 Å². The van der Waals surface area contributed by atoms with Crippen LogP contribution in [-0.2, 0) is 16.1 Å². The van der Waals surface area contributed by atoms with Gasteiger partial charge in [0.25, 0.3) is 0 Å². The van der Waals surface area contributed by atoms with Crippen LogP contribution in [0.25, 0.3) is 0 Å². The number of likely N-dealkylation sites (tertiary alicyclic amines) is 1. The number of hydrogen-bond acceptors (Lipinski definition) is 4. The van der Waals surface area contributed by atoms with Gasteiger partial charge >= 0.3 is 0 Å². The van der Waals surface area contributed by atoms with Gasteiger partial charge in [-0.25, -0.2) is 0 Å². The predicted molar refractivity (Wildman–Crippen MR) is 65.9 cm³/mol. The van der Waals surface area contributed by atoms with Crippen molar-refractivity contribution < 1.29 is 14.1 Å². The molecule has 5 nitrogen and oxygen atoms in total. The average molecular weight is 250 g/mol. The predicted octanol–water partition coefficient (Wildman–Crippen LogP) is 1.59. The molecular weight excluding hydrogens is 232 g/mol.